The largest absolute Gasteiger partial charge is 0.375 e. The van der Waals surface area contributed by atoms with Crippen molar-refractivity contribution in [1.82, 2.24) is 4.90 Å². The highest BCUT2D eigenvalue weighted by Crippen LogP contribution is 2.36. The van der Waals surface area contributed by atoms with Crippen LogP contribution < -0.4 is 0 Å². The molecule has 2 aliphatic rings. The molecule has 0 N–H and O–H groups in total. The van der Waals surface area contributed by atoms with Gasteiger partial charge in [-0.3, -0.25) is 4.90 Å². The van der Waals surface area contributed by atoms with Gasteiger partial charge < -0.3 is 4.74 Å². The van der Waals surface area contributed by atoms with E-state index in [2.05, 4.69) is 46.4 Å². The number of hydrogen-bond acceptors (Lipinski definition) is 2. The summed E-state index contributed by atoms with van der Waals surface area (Å²) in [5.41, 5.74) is 0. The lowest BCUT2D eigenvalue weighted by Gasteiger charge is -2.45. The minimum absolute atomic E-state index is 0.363. The van der Waals surface area contributed by atoms with E-state index in [0.29, 0.717) is 24.3 Å². The van der Waals surface area contributed by atoms with Gasteiger partial charge in [0.15, 0.2) is 0 Å². The van der Waals surface area contributed by atoms with Crippen molar-refractivity contribution < 1.29 is 4.74 Å². The molecule has 0 radical (unpaired) electrons. The number of likely N-dealkylation sites (tertiary alicyclic amines) is 1. The Morgan fingerprint density at radius 2 is 1.52 bits per heavy atom. The third-order valence-corrected chi connectivity index (χ3v) is 6.61. The van der Waals surface area contributed by atoms with Gasteiger partial charge >= 0.3 is 0 Å². The van der Waals surface area contributed by atoms with Crippen LogP contribution in [0.5, 0.6) is 0 Å². The van der Waals surface area contributed by atoms with Gasteiger partial charge in [0.25, 0.3) is 0 Å². The third kappa shape index (κ3) is 5.46. The summed E-state index contributed by atoms with van der Waals surface area (Å²) in [6.07, 6.45) is 10.5. The van der Waals surface area contributed by atoms with Crippen LogP contribution in [0.3, 0.4) is 0 Å². The van der Waals surface area contributed by atoms with Crippen molar-refractivity contribution in [2.45, 2.75) is 111 Å². The second kappa shape index (κ2) is 8.85. The molecule has 0 bridgehead atoms. The topological polar surface area (TPSA) is 12.5 Å². The predicted molar refractivity (Wildman–Crippen MR) is 99.8 cm³/mol. The normalized spacial score (nSPS) is 38.0. The molecule has 1 aliphatic carbocycles. The lowest BCUT2D eigenvalue weighted by Crippen LogP contribution is -2.51. The number of nitrogens with zero attached hydrogens (tertiary/aromatic N) is 1. The van der Waals surface area contributed by atoms with Crippen LogP contribution in [0.4, 0.5) is 0 Å². The summed E-state index contributed by atoms with van der Waals surface area (Å²) in [5, 5.41) is 0. The minimum atomic E-state index is 0.363. The van der Waals surface area contributed by atoms with Crippen molar-refractivity contribution in [1.29, 1.82) is 0 Å². The van der Waals surface area contributed by atoms with Gasteiger partial charge in [-0.1, -0.05) is 20.3 Å². The van der Waals surface area contributed by atoms with Crippen LogP contribution in [-0.2, 0) is 4.74 Å². The van der Waals surface area contributed by atoms with Crippen molar-refractivity contribution in [3.8, 4) is 0 Å². The zero-order chi connectivity index (χ0) is 17.0. The maximum atomic E-state index is 6.10. The van der Waals surface area contributed by atoms with Crippen LogP contribution in [-0.4, -0.2) is 35.7 Å². The highest BCUT2D eigenvalue weighted by molar-refractivity contribution is 4.88. The average molecular weight is 324 g/mol. The summed E-state index contributed by atoms with van der Waals surface area (Å²) < 4.78 is 6.10. The second-order valence-electron chi connectivity index (χ2n) is 8.84. The molecule has 2 unspecified atom stereocenters. The highest BCUT2D eigenvalue weighted by atomic mass is 16.5. The van der Waals surface area contributed by atoms with Gasteiger partial charge in [-0.05, 0) is 84.0 Å². The highest BCUT2D eigenvalue weighted by Gasteiger charge is 2.34. The van der Waals surface area contributed by atoms with Gasteiger partial charge in [0.1, 0.15) is 0 Å². The molecule has 0 spiro atoms. The van der Waals surface area contributed by atoms with E-state index >= 15 is 0 Å². The standard InChI is InChI=1S/C21H41NO/c1-7-16(4)20-10-8-19(9-11-20)14-22-17(5)12-21(13-18(22)6)23-15(2)3/h15-21H,7-14H2,1-6H3/t16?,17-,18+,19?,20?,21?. The quantitative estimate of drug-likeness (QED) is 0.639. The maximum Gasteiger partial charge on any atom is 0.0608 e. The molecule has 4 atom stereocenters. The van der Waals surface area contributed by atoms with Crippen LogP contribution >= 0.6 is 0 Å². The van der Waals surface area contributed by atoms with E-state index in [1.807, 2.05) is 0 Å². The van der Waals surface area contributed by atoms with E-state index in [0.717, 1.165) is 17.8 Å². The fourth-order valence-electron chi connectivity index (χ4n) is 4.99. The van der Waals surface area contributed by atoms with Gasteiger partial charge in [-0.2, -0.15) is 0 Å². The molecular weight excluding hydrogens is 282 g/mol. The Kier molecular flexibility index (Phi) is 7.41. The molecule has 0 amide bonds. The van der Waals surface area contributed by atoms with E-state index < -0.39 is 0 Å². The van der Waals surface area contributed by atoms with Crippen molar-refractivity contribution in [3.63, 3.8) is 0 Å². The van der Waals surface area contributed by atoms with Gasteiger partial charge in [0.05, 0.1) is 12.2 Å². The predicted octanol–water partition coefficient (Wildman–Crippen LogP) is 5.51. The van der Waals surface area contributed by atoms with Gasteiger partial charge in [-0.25, -0.2) is 0 Å². The first-order chi connectivity index (χ1) is 10.9. The minimum Gasteiger partial charge on any atom is -0.375 e. The van der Waals surface area contributed by atoms with Crippen molar-refractivity contribution >= 4 is 0 Å². The molecule has 136 valence electrons. The summed E-state index contributed by atoms with van der Waals surface area (Å²) in [6.45, 7) is 15.3. The molecule has 1 saturated carbocycles. The molecule has 0 aromatic carbocycles. The zero-order valence-corrected chi connectivity index (χ0v) is 16.6. The Morgan fingerprint density at radius 1 is 0.957 bits per heavy atom. The van der Waals surface area contributed by atoms with Gasteiger partial charge in [-0.15, -0.1) is 0 Å². The first-order valence-corrected chi connectivity index (χ1v) is 10.3. The first kappa shape index (κ1) is 19.2. The fraction of sp³-hybridized carbons (Fsp3) is 1.00. The summed E-state index contributed by atoms with van der Waals surface area (Å²) in [5.74, 6) is 2.86. The van der Waals surface area contributed by atoms with Crippen LogP contribution in [0, 0.1) is 17.8 Å². The summed E-state index contributed by atoms with van der Waals surface area (Å²) in [6, 6.07) is 1.35. The van der Waals surface area contributed by atoms with E-state index in [9.17, 15) is 0 Å². The van der Waals surface area contributed by atoms with Crippen LogP contribution in [0.15, 0.2) is 0 Å². The molecule has 2 fully saturated rings. The summed E-state index contributed by atoms with van der Waals surface area (Å²) in [7, 11) is 0. The fourth-order valence-corrected chi connectivity index (χ4v) is 4.99. The molecule has 0 aromatic rings. The lowest BCUT2D eigenvalue weighted by atomic mass is 9.75. The molecular formula is C21H41NO. The maximum absolute atomic E-state index is 6.10. The Morgan fingerprint density at radius 3 is 2.00 bits per heavy atom. The van der Waals surface area contributed by atoms with E-state index in [1.165, 1.54) is 51.5 Å². The molecule has 2 nitrogen and oxygen atoms in total. The molecule has 23 heavy (non-hydrogen) atoms. The molecule has 1 saturated heterocycles. The van der Waals surface area contributed by atoms with Gasteiger partial charge in [0, 0.05) is 18.6 Å². The van der Waals surface area contributed by atoms with E-state index in [4.69, 9.17) is 4.74 Å². The Balaban J connectivity index is 1.80. The number of ether oxygens (including phenoxy) is 1. The zero-order valence-electron chi connectivity index (χ0n) is 16.6. The van der Waals surface area contributed by atoms with Crippen molar-refractivity contribution in [3.05, 3.63) is 0 Å². The van der Waals surface area contributed by atoms with E-state index in [1.54, 1.807) is 0 Å². The molecule has 2 heteroatoms. The average Bonchev–Trinajstić information content (AvgIpc) is 2.50. The Bertz CT molecular complexity index is 323. The third-order valence-electron chi connectivity index (χ3n) is 6.61. The van der Waals surface area contributed by atoms with Crippen molar-refractivity contribution in [2.24, 2.45) is 17.8 Å². The smallest absolute Gasteiger partial charge is 0.0608 e. The van der Waals surface area contributed by atoms with E-state index in [-0.39, 0.29) is 0 Å². The SMILES string of the molecule is CCC(C)C1CCC(CN2[C@H](C)CC(OC(C)C)C[C@@H]2C)CC1. The summed E-state index contributed by atoms with van der Waals surface area (Å²) in [4.78, 5) is 2.79. The summed E-state index contributed by atoms with van der Waals surface area (Å²) >= 11 is 0. The number of piperidine rings is 1. The first-order valence-electron chi connectivity index (χ1n) is 10.3. The molecule has 1 heterocycles. The van der Waals surface area contributed by atoms with Crippen LogP contribution in [0.1, 0.15) is 86.5 Å². The lowest BCUT2D eigenvalue weighted by molar-refractivity contribution is -0.0634. The Hall–Kier alpha value is -0.0800. The monoisotopic (exact) mass is 323 g/mol. The molecule has 1 aliphatic heterocycles. The Labute approximate surface area is 145 Å². The molecule has 0 aromatic heterocycles. The number of hydrogen-bond donors (Lipinski definition) is 0. The van der Waals surface area contributed by atoms with Crippen molar-refractivity contribution in [2.75, 3.05) is 6.54 Å². The number of rotatable bonds is 6. The van der Waals surface area contributed by atoms with Gasteiger partial charge in [0.2, 0.25) is 0 Å². The van der Waals surface area contributed by atoms with Crippen LogP contribution in [0.2, 0.25) is 0 Å². The second-order valence-corrected chi connectivity index (χ2v) is 8.84. The van der Waals surface area contributed by atoms with Crippen LogP contribution in [0.25, 0.3) is 0 Å². The molecule has 2 rings (SSSR count).